The summed E-state index contributed by atoms with van der Waals surface area (Å²) in [7, 11) is 0. The summed E-state index contributed by atoms with van der Waals surface area (Å²) in [4.78, 5) is 0. The van der Waals surface area contributed by atoms with E-state index in [1.165, 1.54) is 77.6 Å². The molecule has 7 aromatic carbocycles. The van der Waals surface area contributed by atoms with Gasteiger partial charge in [-0.25, -0.2) is 0 Å². The molecule has 0 saturated heterocycles. The molecule has 0 heterocycles. The Morgan fingerprint density at radius 2 is 0.660 bits per heavy atom. The fraction of sp³-hybridized carbons (Fsp3) is 0.115. The average Bonchev–Trinajstić information content (AvgIpc) is 3.16. The number of hydrogen-bond donors (Lipinski definition) is 0. The Hall–Kier alpha value is -6.10. The van der Waals surface area contributed by atoms with E-state index in [0.717, 1.165) is 16.7 Å². The van der Waals surface area contributed by atoms with Gasteiger partial charge in [0.05, 0.1) is 0 Å². The van der Waals surface area contributed by atoms with Gasteiger partial charge >= 0.3 is 0 Å². The number of benzene rings is 7. The van der Waals surface area contributed by atoms with Crippen LogP contribution in [0.2, 0.25) is 0 Å². The lowest BCUT2D eigenvalue weighted by molar-refractivity contribution is 1.34. The Labute approximate surface area is 317 Å². The average molecular weight is 681 g/mol. The van der Waals surface area contributed by atoms with E-state index in [4.69, 9.17) is 0 Å². The molecule has 0 nitrogen and oxygen atoms in total. The van der Waals surface area contributed by atoms with Crippen molar-refractivity contribution in [1.82, 2.24) is 0 Å². The van der Waals surface area contributed by atoms with Crippen LogP contribution in [-0.4, -0.2) is 6.71 Å². The minimum Gasteiger partial charge on any atom is -0.0685 e. The maximum atomic E-state index is 3.46. The van der Waals surface area contributed by atoms with Crippen LogP contribution in [0.4, 0.5) is 0 Å². The van der Waals surface area contributed by atoms with Gasteiger partial charge in [0.1, 0.15) is 0 Å². The third-order valence-electron chi connectivity index (χ3n) is 10.3. The van der Waals surface area contributed by atoms with Gasteiger partial charge < -0.3 is 0 Å². The van der Waals surface area contributed by atoms with Crippen LogP contribution >= 0.6 is 0 Å². The van der Waals surface area contributed by atoms with Gasteiger partial charge in [0.2, 0.25) is 6.71 Å². The predicted molar refractivity (Wildman–Crippen MR) is 229 cm³/mol. The predicted octanol–water partition coefficient (Wildman–Crippen LogP) is 10.5. The Morgan fingerprint density at radius 3 is 1.00 bits per heavy atom. The molecule has 0 atom stereocenters. The lowest BCUT2D eigenvalue weighted by Crippen LogP contribution is -2.55. The van der Waals surface area contributed by atoms with Gasteiger partial charge in [0.15, 0.2) is 0 Å². The van der Waals surface area contributed by atoms with Crippen molar-refractivity contribution >= 4 is 34.2 Å². The molecule has 53 heavy (non-hydrogen) atoms. The van der Waals surface area contributed by atoms with Crippen LogP contribution in [0.25, 0.3) is 11.1 Å². The molecule has 7 aromatic rings. The monoisotopic (exact) mass is 680 g/mol. The van der Waals surface area contributed by atoms with Gasteiger partial charge in [-0.15, -0.1) is 0 Å². The van der Waals surface area contributed by atoms with E-state index in [2.05, 4.69) is 217 Å². The van der Waals surface area contributed by atoms with Crippen molar-refractivity contribution in [2.24, 2.45) is 0 Å². The highest BCUT2D eigenvalue weighted by Crippen LogP contribution is 2.36. The van der Waals surface area contributed by atoms with Crippen LogP contribution in [0.15, 0.2) is 164 Å². The van der Waals surface area contributed by atoms with E-state index >= 15 is 0 Å². The molecule has 0 aliphatic carbocycles. The van der Waals surface area contributed by atoms with Crippen LogP contribution in [0.1, 0.15) is 66.8 Å². The summed E-state index contributed by atoms with van der Waals surface area (Å²) < 4.78 is 0. The molecular formula is C52H45B. The molecule has 1 heteroatoms. The van der Waals surface area contributed by atoms with E-state index in [1.54, 1.807) is 0 Å². The maximum Gasteiger partial charge on any atom is 0.242 e. The first-order valence-corrected chi connectivity index (χ1v) is 18.6. The van der Waals surface area contributed by atoms with Crippen molar-refractivity contribution in [2.75, 3.05) is 0 Å². The molecule has 0 aliphatic rings. The SMILES string of the molecule is Cc1cc(C)c(B(c2ccc(C#Cc3ccc(C(=C(c4ccccc4)c4ccccc4)c4ccccc4)cc3)cc2)c2c(C)cc(C)cc2C)c(C)c1. The molecule has 0 unspecified atom stereocenters. The minimum absolute atomic E-state index is 0.147. The zero-order chi connectivity index (χ0) is 36.9. The molecule has 0 saturated carbocycles. The molecule has 7 rings (SSSR count). The van der Waals surface area contributed by atoms with Gasteiger partial charge in [0, 0.05) is 11.1 Å². The summed E-state index contributed by atoms with van der Waals surface area (Å²) in [5.41, 5.74) is 21.2. The second kappa shape index (κ2) is 15.7. The molecule has 0 amide bonds. The first kappa shape index (κ1) is 35.3. The summed E-state index contributed by atoms with van der Waals surface area (Å²) in [6.07, 6.45) is 0. The van der Waals surface area contributed by atoms with E-state index in [1.807, 2.05) is 0 Å². The van der Waals surface area contributed by atoms with Crippen molar-refractivity contribution < 1.29 is 0 Å². The number of rotatable bonds is 7. The van der Waals surface area contributed by atoms with Crippen LogP contribution in [0.3, 0.4) is 0 Å². The molecule has 0 spiro atoms. The maximum absolute atomic E-state index is 3.46. The van der Waals surface area contributed by atoms with E-state index in [-0.39, 0.29) is 6.71 Å². The van der Waals surface area contributed by atoms with Crippen LogP contribution < -0.4 is 16.4 Å². The summed E-state index contributed by atoms with van der Waals surface area (Å²) in [6.45, 7) is 13.6. The van der Waals surface area contributed by atoms with Gasteiger partial charge in [-0.05, 0) is 99.2 Å². The molecule has 0 aliphatic heterocycles. The molecule has 0 radical (unpaired) electrons. The molecule has 256 valence electrons. The van der Waals surface area contributed by atoms with Crippen molar-refractivity contribution in [3.63, 3.8) is 0 Å². The third-order valence-corrected chi connectivity index (χ3v) is 10.3. The highest BCUT2D eigenvalue weighted by molar-refractivity contribution is 6.96. The van der Waals surface area contributed by atoms with Gasteiger partial charge in [-0.1, -0.05) is 201 Å². The first-order chi connectivity index (χ1) is 25.8. The zero-order valence-electron chi connectivity index (χ0n) is 31.7. The summed E-state index contributed by atoms with van der Waals surface area (Å²) >= 11 is 0. The largest absolute Gasteiger partial charge is 0.242 e. The van der Waals surface area contributed by atoms with Crippen molar-refractivity contribution in [2.45, 2.75) is 41.5 Å². The van der Waals surface area contributed by atoms with Crippen LogP contribution in [0.5, 0.6) is 0 Å². The van der Waals surface area contributed by atoms with Crippen molar-refractivity contribution in [1.29, 1.82) is 0 Å². The standard InChI is InChI=1S/C52H45B/c1-36-32-38(3)51(39(4)33-36)53(52-40(5)34-37(2)35-41(52)6)48-30-26-43(27-31-48)23-22-42-24-28-47(29-25-42)50(46-20-14-9-15-21-46)49(44-16-10-7-11-17-44)45-18-12-8-13-19-45/h7-21,24-35H,1-6H3. The van der Waals surface area contributed by atoms with Gasteiger partial charge in [0.25, 0.3) is 0 Å². The Kier molecular flexibility index (Phi) is 10.4. The number of hydrogen-bond acceptors (Lipinski definition) is 0. The molecule has 0 aromatic heterocycles. The van der Waals surface area contributed by atoms with Crippen LogP contribution in [0, 0.1) is 53.4 Å². The Balaban J connectivity index is 1.25. The topological polar surface area (TPSA) is 0 Å². The fourth-order valence-electron chi connectivity index (χ4n) is 8.12. The Bertz CT molecular complexity index is 2310. The first-order valence-electron chi connectivity index (χ1n) is 18.6. The molecule has 0 N–H and O–H groups in total. The van der Waals surface area contributed by atoms with Crippen molar-refractivity contribution in [3.05, 3.63) is 231 Å². The Morgan fingerprint density at radius 1 is 0.358 bits per heavy atom. The second-order valence-electron chi connectivity index (χ2n) is 14.4. The van der Waals surface area contributed by atoms with E-state index < -0.39 is 0 Å². The lowest BCUT2D eigenvalue weighted by Gasteiger charge is -2.24. The fourth-order valence-corrected chi connectivity index (χ4v) is 8.12. The quantitative estimate of drug-likeness (QED) is 0.0893. The lowest BCUT2D eigenvalue weighted by atomic mass is 9.34. The smallest absolute Gasteiger partial charge is 0.0685 e. The molecule has 0 bridgehead atoms. The van der Waals surface area contributed by atoms with E-state index in [0.29, 0.717) is 0 Å². The number of aryl methyl sites for hydroxylation is 6. The zero-order valence-corrected chi connectivity index (χ0v) is 31.7. The van der Waals surface area contributed by atoms with Gasteiger partial charge in [-0.2, -0.15) is 0 Å². The third kappa shape index (κ3) is 7.74. The normalized spacial score (nSPS) is 10.7. The molecule has 0 fully saturated rings. The second-order valence-corrected chi connectivity index (χ2v) is 14.4. The summed E-state index contributed by atoms with van der Waals surface area (Å²) in [5, 5.41) is 0. The molecular weight excluding hydrogens is 635 g/mol. The van der Waals surface area contributed by atoms with Crippen LogP contribution in [-0.2, 0) is 0 Å². The minimum atomic E-state index is 0.147. The highest BCUT2D eigenvalue weighted by Gasteiger charge is 2.28. The van der Waals surface area contributed by atoms with E-state index in [9.17, 15) is 0 Å². The summed E-state index contributed by atoms with van der Waals surface area (Å²) in [6, 6.07) is 59.0. The van der Waals surface area contributed by atoms with Gasteiger partial charge in [-0.3, -0.25) is 0 Å². The summed E-state index contributed by atoms with van der Waals surface area (Å²) in [5.74, 6) is 6.91. The van der Waals surface area contributed by atoms with Crippen molar-refractivity contribution in [3.8, 4) is 11.8 Å². The highest BCUT2D eigenvalue weighted by atomic mass is 14.2.